The summed E-state index contributed by atoms with van der Waals surface area (Å²) in [7, 11) is 7.86. The van der Waals surface area contributed by atoms with Gasteiger partial charge < -0.3 is 15.2 Å². The first-order chi connectivity index (χ1) is 21.7. The molecule has 0 atom stereocenters. The zero-order valence-corrected chi connectivity index (χ0v) is 30.9. The highest BCUT2D eigenvalue weighted by atomic mass is 36.0. The minimum atomic E-state index is -3.72. The van der Waals surface area contributed by atoms with Crippen molar-refractivity contribution in [2.24, 2.45) is 5.73 Å². The van der Waals surface area contributed by atoms with E-state index in [0.717, 1.165) is 23.0 Å². The van der Waals surface area contributed by atoms with E-state index < -0.39 is 8.26 Å². The Kier molecular flexibility index (Phi) is 22.4. The summed E-state index contributed by atoms with van der Waals surface area (Å²) in [5.74, 6) is 1.37. The number of carbonyl (C=O) groups excluding carboxylic acids is 3. The lowest BCUT2D eigenvalue weighted by Crippen LogP contribution is -2.12. The van der Waals surface area contributed by atoms with Crippen molar-refractivity contribution in [3.63, 3.8) is 0 Å². The number of hydrogen-bond donors (Lipinski definition) is 1. The molecule has 0 radical (unpaired) electrons. The molecule has 1 saturated heterocycles. The Morgan fingerprint density at radius 3 is 1.98 bits per heavy atom. The van der Waals surface area contributed by atoms with Crippen LogP contribution >= 0.6 is 89.3 Å². The lowest BCUT2D eigenvalue weighted by Gasteiger charge is -2.09. The number of halogens is 5. The van der Waals surface area contributed by atoms with Crippen molar-refractivity contribution in [2.45, 2.75) is 32.2 Å². The van der Waals surface area contributed by atoms with Crippen molar-refractivity contribution in [3.05, 3.63) is 91.5 Å². The molecular formula is C27H29Cl5N2O8S4. The van der Waals surface area contributed by atoms with Crippen LogP contribution in [0.1, 0.15) is 46.2 Å². The topological polar surface area (TPSA) is 152 Å². The molecule has 10 nitrogen and oxygen atoms in total. The number of rotatable bonds is 12. The van der Waals surface area contributed by atoms with Gasteiger partial charge in [0, 0.05) is 69.5 Å². The normalized spacial score (nSPS) is 12.5. The molecule has 2 heterocycles. The summed E-state index contributed by atoms with van der Waals surface area (Å²) in [5, 5.41) is -0.645. The minimum absolute atomic E-state index is 0.119. The van der Waals surface area contributed by atoms with Crippen LogP contribution in [0.2, 0.25) is 4.34 Å². The fourth-order valence-electron chi connectivity index (χ4n) is 3.17. The van der Waals surface area contributed by atoms with E-state index in [4.69, 9.17) is 58.4 Å². The van der Waals surface area contributed by atoms with Crippen LogP contribution < -0.4 is 11.3 Å². The van der Waals surface area contributed by atoms with Crippen LogP contribution in [-0.2, 0) is 40.4 Å². The number of nitrogens with two attached hydrogens (primary N) is 1. The van der Waals surface area contributed by atoms with Crippen LogP contribution in [-0.4, -0.2) is 53.9 Å². The van der Waals surface area contributed by atoms with Gasteiger partial charge in [0.2, 0.25) is 10.5 Å². The quantitative estimate of drug-likeness (QED) is 0.0871. The maximum atomic E-state index is 11.4. The molecule has 46 heavy (non-hydrogen) atoms. The summed E-state index contributed by atoms with van der Waals surface area (Å²) >= 11 is 17.1. The Morgan fingerprint density at radius 2 is 1.50 bits per heavy atom. The second kappa shape index (κ2) is 24.1. The molecular weight excluding hydrogens is 786 g/mol. The second-order valence-electron chi connectivity index (χ2n) is 8.53. The molecule has 1 aliphatic heterocycles. The minimum Gasteiger partial charge on any atom is -0.346 e. The molecule has 1 fully saturated rings. The number of benzene rings is 2. The first-order valence-electron chi connectivity index (χ1n) is 12.9. The Balaban J connectivity index is 0.000000325. The van der Waals surface area contributed by atoms with E-state index in [-0.39, 0.29) is 22.3 Å². The van der Waals surface area contributed by atoms with E-state index in [1.165, 1.54) is 39.2 Å². The van der Waals surface area contributed by atoms with E-state index in [1.807, 2.05) is 30.3 Å². The van der Waals surface area contributed by atoms with Crippen LogP contribution in [0, 0.1) is 0 Å². The Labute approximate surface area is 302 Å². The largest absolute Gasteiger partial charge is 0.346 e. The van der Waals surface area contributed by atoms with Crippen molar-refractivity contribution < 1.29 is 32.3 Å². The lowest BCUT2D eigenvalue weighted by molar-refractivity contribution is -0.112. The summed E-state index contributed by atoms with van der Waals surface area (Å²) in [5.41, 5.74) is 9.09. The van der Waals surface area contributed by atoms with Gasteiger partial charge in [-0.15, -0.1) is 0 Å². The second-order valence-corrected chi connectivity index (χ2v) is 17.4. The van der Waals surface area contributed by atoms with Gasteiger partial charge >= 0.3 is 8.26 Å². The fraction of sp³-hybridized carbons (Fsp3) is 0.333. The average Bonchev–Trinajstić information content (AvgIpc) is 3.64. The first kappa shape index (κ1) is 42.9. The summed E-state index contributed by atoms with van der Waals surface area (Å²) < 4.78 is 31.1. The third kappa shape index (κ3) is 21.7. The van der Waals surface area contributed by atoms with Crippen molar-refractivity contribution in [1.82, 2.24) is 3.96 Å². The van der Waals surface area contributed by atoms with Gasteiger partial charge in [0.25, 0.3) is 5.56 Å². The third-order valence-corrected chi connectivity index (χ3v) is 8.95. The molecule has 19 heteroatoms. The van der Waals surface area contributed by atoms with Gasteiger partial charge in [0.15, 0.2) is 6.29 Å². The molecule has 2 N–H and O–H groups in total. The number of ether oxygens (including phenoxy) is 2. The molecule has 0 bridgehead atoms. The van der Waals surface area contributed by atoms with E-state index in [9.17, 15) is 19.2 Å². The predicted octanol–water partition coefficient (Wildman–Crippen LogP) is 7.00. The summed E-state index contributed by atoms with van der Waals surface area (Å²) in [6.07, 6.45) is 1.34. The molecule has 1 aromatic heterocycles. The predicted molar refractivity (Wildman–Crippen MR) is 190 cm³/mol. The van der Waals surface area contributed by atoms with Gasteiger partial charge in [0.1, 0.15) is 10.6 Å². The highest BCUT2D eigenvalue weighted by molar-refractivity contribution is 8.76. The van der Waals surface area contributed by atoms with E-state index in [2.05, 4.69) is 21.4 Å². The highest BCUT2D eigenvalue weighted by Crippen LogP contribution is 2.24. The van der Waals surface area contributed by atoms with Crippen molar-refractivity contribution >= 4 is 114 Å². The molecule has 3 aromatic rings. The molecule has 0 aliphatic carbocycles. The Morgan fingerprint density at radius 1 is 0.957 bits per heavy atom. The summed E-state index contributed by atoms with van der Waals surface area (Å²) in [4.78, 5) is 42.5. The van der Waals surface area contributed by atoms with Crippen molar-refractivity contribution in [1.29, 1.82) is 0 Å². The standard InChI is InChI=1S/C11H8ClNO2S.C10H13NO2.C6H8Cl2O2S2.Cl2O2S/c12-10-5-11(15)13(16-10)6-8-2-1-3-9(4-8)7-14;11-7-8-2-1-3-9(6-8)10-12-4-5-13-10;7-5(9)1-3-11-12-4-2-6(8)10;1-5(2,3)4/h1-5,7H,6H2;1-3,6,10H,4-5,7,11H2;1-4H2;. The van der Waals surface area contributed by atoms with Gasteiger partial charge in [-0.25, -0.2) is 0 Å². The third-order valence-electron chi connectivity index (χ3n) is 5.02. The molecule has 0 spiro atoms. The molecule has 2 aromatic carbocycles. The average molecular weight is 815 g/mol. The molecule has 0 saturated carbocycles. The fourth-order valence-corrected chi connectivity index (χ4v) is 6.62. The number of aromatic nitrogens is 1. The van der Waals surface area contributed by atoms with Crippen LogP contribution in [0.4, 0.5) is 0 Å². The summed E-state index contributed by atoms with van der Waals surface area (Å²) in [6.45, 7) is 2.35. The molecule has 1 aliphatic rings. The maximum absolute atomic E-state index is 11.4. The number of hydrogen-bond acceptors (Lipinski definition) is 12. The zero-order valence-electron chi connectivity index (χ0n) is 23.8. The van der Waals surface area contributed by atoms with Crippen LogP contribution in [0.15, 0.2) is 59.4 Å². The summed E-state index contributed by atoms with van der Waals surface area (Å²) in [6, 6.07) is 16.5. The SMILES string of the molecule is NCc1cccc(C2OCCO2)c1.O=C(Cl)CCSSCCC(=O)Cl.O=Cc1cccc(Cn2sc(Cl)cc2=O)c1.O=S(=O)(Cl)Cl. The van der Waals surface area contributed by atoms with Gasteiger partial charge in [-0.2, -0.15) is 8.42 Å². The van der Waals surface area contributed by atoms with E-state index in [1.54, 1.807) is 22.2 Å². The molecule has 0 amide bonds. The van der Waals surface area contributed by atoms with E-state index >= 15 is 0 Å². The van der Waals surface area contributed by atoms with Crippen LogP contribution in [0.5, 0.6) is 0 Å². The smallest absolute Gasteiger partial charge is 0.317 e. The molecule has 0 unspecified atom stereocenters. The number of carbonyl (C=O) groups is 3. The van der Waals surface area contributed by atoms with Crippen LogP contribution in [0.3, 0.4) is 0 Å². The Hall–Kier alpha value is -1.14. The monoisotopic (exact) mass is 812 g/mol. The van der Waals surface area contributed by atoms with Gasteiger partial charge in [-0.3, -0.25) is 23.1 Å². The first-order valence-corrected chi connectivity index (χ1v) is 20.4. The van der Waals surface area contributed by atoms with Crippen molar-refractivity contribution in [2.75, 3.05) is 24.7 Å². The van der Waals surface area contributed by atoms with Gasteiger partial charge in [0.05, 0.1) is 19.8 Å². The van der Waals surface area contributed by atoms with Gasteiger partial charge in [-0.05, 0) is 58.0 Å². The number of aldehydes is 1. The molecule has 254 valence electrons. The zero-order chi connectivity index (χ0) is 34.5. The van der Waals surface area contributed by atoms with Crippen molar-refractivity contribution in [3.8, 4) is 0 Å². The number of nitrogens with zero attached hydrogens (tertiary/aromatic N) is 1. The maximum Gasteiger partial charge on any atom is 0.317 e. The molecule has 4 rings (SSSR count). The van der Waals surface area contributed by atoms with E-state index in [0.29, 0.717) is 60.6 Å². The van der Waals surface area contributed by atoms with Gasteiger partial charge in [-0.1, -0.05) is 69.6 Å². The Bertz CT molecular complexity index is 1520. The van der Waals surface area contributed by atoms with Crippen LogP contribution in [0.25, 0.3) is 0 Å². The lowest BCUT2D eigenvalue weighted by atomic mass is 10.1. The highest BCUT2D eigenvalue weighted by Gasteiger charge is 2.17.